The molecule has 7 nitrogen and oxygen atoms in total. The van der Waals surface area contributed by atoms with E-state index in [2.05, 4.69) is 21.2 Å². The molecule has 1 heterocycles. The van der Waals surface area contributed by atoms with Crippen molar-refractivity contribution in [2.24, 2.45) is 0 Å². The molecule has 3 rings (SSSR count). The average Bonchev–Trinajstić information content (AvgIpc) is 2.72. The van der Waals surface area contributed by atoms with Crippen molar-refractivity contribution >= 4 is 29.2 Å². The number of hydrogen-bond donors (Lipinski definition) is 3. The summed E-state index contributed by atoms with van der Waals surface area (Å²) in [5.74, 6) is -0.131. The van der Waals surface area contributed by atoms with Crippen molar-refractivity contribution in [3.63, 3.8) is 0 Å². The van der Waals surface area contributed by atoms with Crippen LogP contribution in [-0.2, 0) is 6.61 Å². The minimum atomic E-state index is -0.565. The second-order valence-electron chi connectivity index (χ2n) is 5.67. The van der Waals surface area contributed by atoms with Crippen LogP contribution in [-0.4, -0.2) is 16.9 Å². The highest BCUT2D eigenvalue weighted by molar-refractivity contribution is 6.29. The molecule has 3 aromatic rings. The van der Waals surface area contributed by atoms with Gasteiger partial charge in [0.05, 0.1) is 5.56 Å². The molecule has 0 saturated carbocycles. The second-order valence-corrected chi connectivity index (χ2v) is 6.06. The van der Waals surface area contributed by atoms with Crippen LogP contribution < -0.4 is 20.9 Å². The van der Waals surface area contributed by atoms with Crippen molar-refractivity contribution in [2.45, 2.75) is 6.61 Å². The van der Waals surface area contributed by atoms with Crippen LogP contribution in [0.3, 0.4) is 0 Å². The number of hydrogen-bond acceptors (Lipinski definition) is 4. The number of carbonyl (C=O) groups is 2. The Bertz CT molecular complexity index is 949. The molecule has 0 aliphatic heterocycles. The largest absolute Gasteiger partial charge is 0.488 e. The molecule has 0 aliphatic carbocycles. The Morgan fingerprint density at radius 1 is 0.929 bits per heavy atom. The Labute approximate surface area is 166 Å². The Hall–Kier alpha value is -3.58. The van der Waals surface area contributed by atoms with Gasteiger partial charge in [-0.25, -0.2) is 15.2 Å². The molecule has 2 aromatic carbocycles. The summed E-state index contributed by atoms with van der Waals surface area (Å²) in [4.78, 5) is 28.3. The summed E-state index contributed by atoms with van der Waals surface area (Å²) < 4.78 is 5.71. The average molecular weight is 397 g/mol. The lowest BCUT2D eigenvalue weighted by Gasteiger charge is -2.12. The molecule has 28 heavy (non-hydrogen) atoms. The number of amides is 3. The van der Waals surface area contributed by atoms with Crippen molar-refractivity contribution in [3.05, 3.63) is 89.2 Å². The zero-order chi connectivity index (χ0) is 19.8. The zero-order valence-electron chi connectivity index (χ0n) is 14.7. The number of anilines is 1. The molecular formula is C20H17ClN4O3. The third kappa shape index (κ3) is 5.46. The van der Waals surface area contributed by atoms with Gasteiger partial charge in [-0.05, 0) is 30.3 Å². The molecule has 142 valence electrons. The highest BCUT2D eigenvalue weighted by atomic mass is 35.5. The van der Waals surface area contributed by atoms with E-state index in [1.54, 1.807) is 66.9 Å². The fraction of sp³-hybridized carbons (Fsp3) is 0.0500. The smallest absolute Gasteiger partial charge is 0.337 e. The minimum Gasteiger partial charge on any atom is -0.488 e. The van der Waals surface area contributed by atoms with Gasteiger partial charge in [-0.15, -0.1) is 0 Å². The number of nitrogens with zero attached hydrogens (tertiary/aromatic N) is 1. The number of carbonyl (C=O) groups excluding carboxylic acids is 2. The number of nitrogens with one attached hydrogen (secondary N) is 3. The van der Waals surface area contributed by atoms with Gasteiger partial charge in [-0.3, -0.25) is 10.2 Å². The second kappa shape index (κ2) is 9.38. The Morgan fingerprint density at radius 2 is 1.68 bits per heavy atom. The topological polar surface area (TPSA) is 92.4 Å². The summed E-state index contributed by atoms with van der Waals surface area (Å²) in [6, 6.07) is 18.5. The quantitative estimate of drug-likeness (QED) is 0.452. The molecular weight excluding hydrogens is 380 g/mol. The van der Waals surface area contributed by atoms with E-state index in [-0.39, 0.29) is 12.2 Å². The monoisotopic (exact) mass is 396 g/mol. The van der Waals surface area contributed by atoms with E-state index in [9.17, 15) is 9.59 Å². The molecule has 3 N–H and O–H groups in total. The Balaban J connectivity index is 1.57. The first kappa shape index (κ1) is 19.2. The van der Waals surface area contributed by atoms with Crippen LogP contribution in [0.25, 0.3) is 0 Å². The fourth-order valence-corrected chi connectivity index (χ4v) is 2.41. The van der Waals surface area contributed by atoms with Gasteiger partial charge in [0.25, 0.3) is 5.91 Å². The fourth-order valence-electron chi connectivity index (χ4n) is 2.30. The number of benzene rings is 2. The molecule has 0 unspecified atom stereocenters. The van der Waals surface area contributed by atoms with Gasteiger partial charge >= 0.3 is 6.03 Å². The number of hydrazine groups is 1. The van der Waals surface area contributed by atoms with Crippen LogP contribution in [0, 0.1) is 0 Å². The third-order valence-corrected chi connectivity index (χ3v) is 3.86. The summed E-state index contributed by atoms with van der Waals surface area (Å²) in [6.07, 6.45) is 1.60. The van der Waals surface area contributed by atoms with E-state index in [1.807, 2.05) is 6.07 Å². The Kier molecular flexibility index (Phi) is 6.43. The lowest BCUT2D eigenvalue weighted by Crippen LogP contribution is -2.44. The Morgan fingerprint density at radius 3 is 2.43 bits per heavy atom. The van der Waals surface area contributed by atoms with E-state index < -0.39 is 11.9 Å². The maximum absolute atomic E-state index is 12.4. The van der Waals surface area contributed by atoms with Crippen molar-refractivity contribution in [1.82, 2.24) is 15.8 Å². The minimum absolute atomic E-state index is 0.219. The number of aromatic nitrogens is 1. The summed E-state index contributed by atoms with van der Waals surface area (Å²) >= 11 is 5.76. The SMILES string of the molecule is O=C(NNC(=O)c1ccccc1OCc1ccc(Cl)nc1)Nc1ccccc1. The van der Waals surface area contributed by atoms with E-state index in [4.69, 9.17) is 16.3 Å². The van der Waals surface area contributed by atoms with Gasteiger partial charge < -0.3 is 10.1 Å². The first-order valence-corrected chi connectivity index (χ1v) is 8.74. The zero-order valence-corrected chi connectivity index (χ0v) is 15.4. The van der Waals surface area contributed by atoms with Crippen molar-refractivity contribution in [2.75, 3.05) is 5.32 Å². The highest BCUT2D eigenvalue weighted by Crippen LogP contribution is 2.19. The normalized spacial score (nSPS) is 10.0. The maximum atomic E-state index is 12.4. The molecule has 0 aliphatic rings. The third-order valence-electron chi connectivity index (χ3n) is 3.64. The van der Waals surface area contributed by atoms with Gasteiger partial charge in [-0.1, -0.05) is 48.0 Å². The predicted molar refractivity (Wildman–Crippen MR) is 106 cm³/mol. The number of urea groups is 1. The lowest BCUT2D eigenvalue weighted by atomic mass is 10.2. The van der Waals surface area contributed by atoms with Gasteiger partial charge in [0.15, 0.2) is 0 Å². The lowest BCUT2D eigenvalue weighted by molar-refractivity contribution is 0.0933. The molecule has 0 atom stereocenters. The first-order chi connectivity index (χ1) is 13.6. The summed E-state index contributed by atoms with van der Waals surface area (Å²) in [6.45, 7) is 0.219. The van der Waals surface area contributed by atoms with Crippen LogP contribution in [0.2, 0.25) is 5.15 Å². The van der Waals surface area contributed by atoms with Crippen molar-refractivity contribution in [1.29, 1.82) is 0 Å². The number of halogens is 1. The predicted octanol–water partition coefficient (Wildman–Crippen LogP) is 3.78. The van der Waals surface area contributed by atoms with E-state index in [1.165, 1.54) is 0 Å². The van der Waals surface area contributed by atoms with Crippen LogP contribution in [0.5, 0.6) is 5.75 Å². The van der Waals surface area contributed by atoms with Crippen molar-refractivity contribution < 1.29 is 14.3 Å². The van der Waals surface area contributed by atoms with E-state index in [0.717, 1.165) is 5.56 Å². The molecule has 0 saturated heterocycles. The van der Waals surface area contributed by atoms with E-state index in [0.29, 0.717) is 16.6 Å². The number of pyridine rings is 1. The van der Waals surface area contributed by atoms with Gasteiger partial charge in [0, 0.05) is 17.4 Å². The molecule has 3 amide bonds. The highest BCUT2D eigenvalue weighted by Gasteiger charge is 2.13. The molecule has 8 heteroatoms. The van der Waals surface area contributed by atoms with Gasteiger partial charge in [-0.2, -0.15) is 0 Å². The molecule has 0 bridgehead atoms. The summed E-state index contributed by atoms with van der Waals surface area (Å²) in [7, 11) is 0. The van der Waals surface area contributed by atoms with Crippen LogP contribution in [0.1, 0.15) is 15.9 Å². The number of para-hydroxylation sites is 2. The van der Waals surface area contributed by atoms with Crippen LogP contribution in [0.15, 0.2) is 72.9 Å². The standard InChI is InChI=1S/C20H17ClN4O3/c21-18-11-10-14(12-22-18)13-28-17-9-5-4-8-16(17)19(26)24-25-20(27)23-15-6-2-1-3-7-15/h1-12H,13H2,(H,24,26)(H2,23,25,27). The van der Waals surface area contributed by atoms with Gasteiger partial charge in [0.2, 0.25) is 0 Å². The van der Waals surface area contributed by atoms with Crippen LogP contribution >= 0.6 is 11.6 Å². The summed E-state index contributed by atoms with van der Waals surface area (Å²) in [5, 5.41) is 2.99. The van der Waals surface area contributed by atoms with Crippen molar-refractivity contribution in [3.8, 4) is 5.75 Å². The molecule has 1 aromatic heterocycles. The maximum Gasteiger partial charge on any atom is 0.337 e. The molecule has 0 fully saturated rings. The van der Waals surface area contributed by atoms with Crippen LogP contribution in [0.4, 0.5) is 10.5 Å². The van der Waals surface area contributed by atoms with Gasteiger partial charge in [0.1, 0.15) is 17.5 Å². The number of ether oxygens (including phenoxy) is 1. The molecule has 0 spiro atoms. The van der Waals surface area contributed by atoms with E-state index >= 15 is 0 Å². The number of rotatable bonds is 5. The first-order valence-electron chi connectivity index (χ1n) is 8.36. The summed E-state index contributed by atoms with van der Waals surface area (Å²) in [5.41, 5.74) is 6.35. The molecule has 0 radical (unpaired) electrons.